The molecule has 0 saturated carbocycles. The molecule has 0 atom stereocenters. The molecule has 1 aromatic carbocycles. The predicted octanol–water partition coefficient (Wildman–Crippen LogP) is 1.36. The van der Waals surface area contributed by atoms with Crippen molar-refractivity contribution in [1.82, 2.24) is 9.62 Å². The lowest BCUT2D eigenvalue weighted by Gasteiger charge is -2.31. The van der Waals surface area contributed by atoms with E-state index in [4.69, 9.17) is 5.73 Å². The number of nitrogens with zero attached hydrogens (tertiary/aromatic N) is 1. The second-order valence-corrected chi connectivity index (χ2v) is 7.79. The largest absolute Gasteiger partial charge is 0.356 e. The number of halogens is 1. The molecular formula is C16H26ClN3O3S. The molecule has 1 saturated heterocycles. The van der Waals surface area contributed by atoms with Crippen LogP contribution in [0, 0.1) is 5.92 Å². The molecule has 0 bridgehead atoms. The van der Waals surface area contributed by atoms with E-state index in [1.165, 1.54) is 4.31 Å². The Morgan fingerprint density at radius 1 is 1.21 bits per heavy atom. The van der Waals surface area contributed by atoms with Gasteiger partial charge in [0, 0.05) is 26.1 Å². The predicted molar refractivity (Wildman–Crippen MR) is 96.5 cm³/mol. The van der Waals surface area contributed by atoms with Gasteiger partial charge in [-0.1, -0.05) is 18.2 Å². The minimum Gasteiger partial charge on any atom is -0.356 e. The van der Waals surface area contributed by atoms with Crippen molar-refractivity contribution in [2.45, 2.75) is 30.6 Å². The van der Waals surface area contributed by atoms with Crippen LogP contribution in [-0.4, -0.2) is 44.8 Å². The van der Waals surface area contributed by atoms with Gasteiger partial charge in [0.25, 0.3) is 0 Å². The van der Waals surface area contributed by atoms with Crippen LogP contribution in [0.15, 0.2) is 35.2 Å². The van der Waals surface area contributed by atoms with Crippen LogP contribution >= 0.6 is 12.4 Å². The summed E-state index contributed by atoms with van der Waals surface area (Å²) in [5.74, 6) is 0.355. The van der Waals surface area contributed by atoms with Crippen molar-refractivity contribution in [1.29, 1.82) is 0 Å². The van der Waals surface area contributed by atoms with Crippen LogP contribution in [0.4, 0.5) is 0 Å². The number of nitrogens with two attached hydrogens (primary N) is 1. The first-order valence-corrected chi connectivity index (χ1v) is 9.50. The molecule has 1 fully saturated rings. The monoisotopic (exact) mass is 375 g/mol. The summed E-state index contributed by atoms with van der Waals surface area (Å²) >= 11 is 0. The highest BCUT2D eigenvalue weighted by Crippen LogP contribution is 2.23. The van der Waals surface area contributed by atoms with Crippen LogP contribution < -0.4 is 11.1 Å². The summed E-state index contributed by atoms with van der Waals surface area (Å²) in [4.78, 5) is 11.9. The summed E-state index contributed by atoms with van der Waals surface area (Å²) in [5, 5.41) is 2.91. The van der Waals surface area contributed by atoms with Crippen molar-refractivity contribution in [2.75, 3.05) is 26.2 Å². The topological polar surface area (TPSA) is 92.5 Å². The SMILES string of the molecule is Cl.NCCCC(=O)NCC1CCN(S(=O)(=O)c2ccccc2)CC1. The molecule has 1 aliphatic rings. The minimum absolute atomic E-state index is 0. The van der Waals surface area contributed by atoms with E-state index in [9.17, 15) is 13.2 Å². The number of hydrogen-bond acceptors (Lipinski definition) is 4. The third kappa shape index (κ3) is 5.73. The van der Waals surface area contributed by atoms with Crippen LogP contribution in [0.1, 0.15) is 25.7 Å². The third-order valence-electron chi connectivity index (χ3n) is 4.15. The zero-order valence-corrected chi connectivity index (χ0v) is 15.3. The molecule has 0 spiro atoms. The quantitative estimate of drug-likeness (QED) is 0.752. The van der Waals surface area contributed by atoms with Crippen molar-refractivity contribution < 1.29 is 13.2 Å². The molecule has 1 aromatic rings. The Kier molecular flexibility index (Phi) is 8.69. The first kappa shape index (κ1) is 20.9. The summed E-state index contributed by atoms with van der Waals surface area (Å²) < 4.78 is 26.6. The Morgan fingerprint density at radius 2 is 1.83 bits per heavy atom. The smallest absolute Gasteiger partial charge is 0.243 e. The zero-order chi connectivity index (χ0) is 16.7. The van der Waals surface area contributed by atoms with Crippen molar-refractivity contribution >= 4 is 28.3 Å². The van der Waals surface area contributed by atoms with E-state index in [0.717, 1.165) is 12.8 Å². The number of sulfonamides is 1. The fourth-order valence-electron chi connectivity index (χ4n) is 2.70. The molecule has 8 heteroatoms. The molecule has 0 unspecified atom stereocenters. The first-order valence-electron chi connectivity index (χ1n) is 8.06. The molecular weight excluding hydrogens is 350 g/mol. The zero-order valence-electron chi connectivity index (χ0n) is 13.7. The van der Waals surface area contributed by atoms with E-state index in [2.05, 4.69) is 5.32 Å². The summed E-state index contributed by atoms with van der Waals surface area (Å²) in [6.45, 7) is 2.13. The van der Waals surface area contributed by atoms with Crippen LogP contribution in [0.5, 0.6) is 0 Å². The second-order valence-electron chi connectivity index (χ2n) is 5.86. The van der Waals surface area contributed by atoms with Gasteiger partial charge in [0.15, 0.2) is 0 Å². The number of carbonyl (C=O) groups excluding carboxylic acids is 1. The summed E-state index contributed by atoms with van der Waals surface area (Å²) in [7, 11) is -3.40. The van der Waals surface area contributed by atoms with Gasteiger partial charge < -0.3 is 11.1 Å². The number of hydrogen-bond donors (Lipinski definition) is 2. The molecule has 24 heavy (non-hydrogen) atoms. The molecule has 0 aliphatic carbocycles. The number of nitrogens with one attached hydrogen (secondary N) is 1. The van der Waals surface area contributed by atoms with E-state index < -0.39 is 10.0 Å². The normalized spacial score (nSPS) is 16.4. The lowest BCUT2D eigenvalue weighted by atomic mass is 9.98. The molecule has 1 amide bonds. The molecule has 0 radical (unpaired) electrons. The summed E-state index contributed by atoms with van der Waals surface area (Å²) in [5.41, 5.74) is 5.38. The van der Waals surface area contributed by atoms with Crippen molar-refractivity contribution in [2.24, 2.45) is 11.7 Å². The fourth-order valence-corrected chi connectivity index (χ4v) is 4.20. The maximum absolute atomic E-state index is 12.5. The van der Waals surface area contributed by atoms with Gasteiger partial charge in [-0.2, -0.15) is 4.31 Å². The number of amides is 1. The average molecular weight is 376 g/mol. The Bertz CT molecular complexity index is 602. The minimum atomic E-state index is -3.40. The van der Waals surface area contributed by atoms with Gasteiger partial charge in [-0.15, -0.1) is 12.4 Å². The Labute approximate surface area is 150 Å². The molecule has 1 heterocycles. The third-order valence-corrected chi connectivity index (χ3v) is 6.06. The van der Waals surface area contributed by atoms with E-state index in [-0.39, 0.29) is 18.3 Å². The average Bonchev–Trinajstić information content (AvgIpc) is 2.59. The standard InChI is InChI=1S/C16H25N3O3S.ClH/c17-10-4-7-16(20)18-13-14-8-11-19(12-9-14)23(21,22)15-5-2-1-3-6-15;/h1-3,5-6,14H,4,7-13,17H2,(H,18,20);1H. The number of carbonyl (C=O) groups is 1. The molecule has 6 nitrogen and oxygen atoms in total. The van der Waals surface area contributed by atoms with Gasteiger partial charge in [-0.3, -0.25) is 4.79 Å². The van der Waals surface area contributed by atoms with Gasteiger partial charge >= 0.3 is 0 Å². The van der Waals surface area contributed by atoms with Crippen molar-refractivity contribution in [3.63, 3.8) is 0 Å². The van der Waals surface area contributed by atoms with Gasteiger partial charge in [-0.05, 0) is 43.9 Å². The maximum Gasteiger partial charge on any atom is 0.243 e. The van der Waals surface area contributed by atoms with E-state index in [1.54, 1.807) is 30.3 Å². The molecule has 1 aliphatic heterocycles. The summed E-state index contributed by atoms with van der Waals surface area (Å²) in [6.07, 6.45) is 2.68. The Hall–Kier alpha value is -1.15. The lowest BCUT2D eigenvalue weighted by Crippen LogP contribution is -2.41. The van der Waals surface area contributed by atoms with Gasteiger partial charge in [0.1, 0.15) is 0 Å². The summed E-state index contributed by atoms with van der Waals surface area (Å²) in [6, 6.07) is 8.52. The molecule has 136 valence electrons. The number of piperidine rings is 1. The van der Waals surface area contributed by atoms with Crippen molar-refractivity contribution in [3.8, 4) is 0 Å². The highest BCUT2D eigenvalue weighted by molar-refractivity contribution is 7.89. The van der Waals surface area contributed by atoms with Crippen LogP contribution in [0.3, 0.4) is 0 Å². The van der Waals surface area contributed by atoms with Gasteiger partial charge in [-0.25, -0.2) is 8.42 Å². The lowest BCUT2D eigenvalue weighted by molar-refractivity contribution is -0.121. The maximum atomic E-state index is 12.5. The Balaban J connectivity index is 0.00000288. The van der Waals surface area contributed by atoms with Crippen LogP contribution in [-0.2, 0) is 14.8 Å². The van der Waals surface area contributed by atoms with Crippen LogP contribution in [0.2, 0.25) is 0 Å². The molecule has 2 rings (SSSR count). The van der Waals surface area contributed by atoms with E-state index >= 15 is 0 Å². The van der Waals surface area contributed by atoms with Crippen LogP contribution in [0.25, 0.3) is 0 Å². The van der Waals surface area contributed by atoms with Gasteiger partial charge in [0.05, 0.1) is 4.90 Å². The highest BCUT2D eigenvalue weighted by Gasteiger charge is 2.29. The molecule has 3 N–H and O–H groups in total. The Morgan fingerprint density at radius 3 is 2.42 bits per heavy atom. The van der Waals surface area contributed by atoms with E-state index in [0.29, 0.717) is 49.8 Å². The number of rotatable bonds is 7. The molecule has 0 aromatic heterocycles. The van der Waals surface area contributed by atoms with E-state index in [1.807, 2.05) is 0 Å². The highest BCUT2D eigenvalue weighted by atomic mass is 35.5. The second kappa shape index (κ2) is 9.98. The van der Waals surface area contributed by atoms with Crippen molar-refractivity contribution in [3.05, 3.63) is 30.3 Å². The van der Waals surface area contributed by atoms with Gasteiger partial charge in [0.2, 0.25) is 15.9 Å². The first-order chi connectivity index (χ1) is 11.0. The number of benzene rings is 1. The fraction of sp³-hybridized carbons (Fsp3) is 0.562.